The van der Waals surface area contributed by atoms with Gasteiger partial charge >= 0.3 is 0 Å². The maximum absolute atomic E-state index is 12.8. The molecular weight excluding hydrogens is 387 g/mol. The number of nitrogens with zero attached hydrogens (tertiary/aromatic N) is 4. The first-order valence-corrected chi connectivity index (χ1v) is 10.4. The molecule has 2 aromatic heterocycles. The van der Waals surface area contributed by atoms with Crippen LogP contribution in [-0.4, -0.2) is 26.9 Å². The maximum Gasteiger partial charge on any atom is 0.243 e. The molecule has 2 N–H and O–H groups in total. The molecule has 1 saturated heterocycles. The third-order valence-electron chi connectivity index (χ3n) is 4.60. The molecule has 3 heterocycles. The fourth-order valence-electron chi connectivity index (χ4n) is 3.19. The molecule has 3 aromatic rings. The molecule has 1 aliphatic heterocycles. The van der Waals surface area contributed by atoms with Crippen LogP contribution in [0.3, 0.4) is 0 Å². The van der Waals surface area contributed by atoms with E-state index in [1.165, 1.54) is 29.7 Å². The number of anilines is 3. The van der Waals surface area contributed by atoms with Crippen molar-refractivity contribution in [1.29, 1.82) is 0 Å². The van der Waals surface area contributed by atoms with Crippen molar-refractivity contribution in [1.82, 2.24) is 15.0 Å². The molecule has 0 bridgehead atoms. The SMILES string of the molecule is Cc1cc(Nc2ccc(/C=N/Nc3ncc(F)cn3)nc2)ccc1C1CCCS1. The fraction of sp³-hybridized carbons (Fsp3) is 0.238. The number of benzene rings is 1. The zero-order chi connectivity index (χ0) is 20.1. The second-order valence-electron chi connectivity index (χ2n) is 6.76. The highest BCUT2D eigenvalue weighted by atomic mass is 32.2. The smallest absolute Gasteiger partial charge is 0.243 e. The molecule has 148 valence electrons. The number of hydrogen-bond acceptors (Lipinski definition) is 7. The molecule has 0 saturated carbocycles. The van der Waals surface area contributed by atoms with E-state index in [0.29, 0.717) is 10.9 Å². The van der Waals surface area contributed by atoms with Gasteiger partial charge in [-0.1, -0.05) is 6.07 Å². The van der Waals surface area contributed by atoms with Gasteiger partial charge in [0.15, 0.2) is 5.82 Å². The Balaban J connectivity index is 1.36. The molecule has 1 aromatic carbocycles. The standard InChI is InChI=1S/C21H21FN6S/c1-14-9-16(6-7-19(14)20-3-2-8-29-20)27-18-5-4-17(23-12-18)13-26-28-21-24-10-15(22)11-25-21/h4-7,9-13,20,27H,2-3,8H2,1H3,(H,24,25,28)/b26-13+. The lowest BCUT2D eigenvalue weighted by Crippen LogP contribution is -1.99. The van der Waals surface area contributed by atoms with E-state index in [2.05, 4.69) is 67.7 Å². The summed E-state index contributed by atoms with van der Waals surface area (Å²) in [5.74, 6) is 0.986. The average Bonchev–Trinajstić information content (AvgIpc) is 3.25. The minimum absolute atomic E-state index is 0.218. The number of thioether (sulfide) groups is 1. The molecule has 4 rings (SSSR count). The number of hydrazone groups is 1. The number of hydrogen-bond donors (Lipinski definition) is 2. The summed E-state index contributed by atoms with van der Waals surface area (Å²) in [6.07, 6.45) is 8.03. The first-order valence-electron chi connectivity index (χ1n) is 9.39. The van der Waals surface area contributed by atoms with Gasteiger partial charge in [0.25, 0.3) is 0 Å². The van der Waals surface area contributed by atoms with E-state index < -0.39 is 5.82 Å². The van der Waals surface area contributed by atoms with Crippen molar-refractivity contribution in [2.75, 3.05) is 16.5 Å². The Morgan fingerprint density at radius 2 is 1.93 bits per heavy atom. The van der Waals surface area contributed by atoms with Crippen molar-refractivity contribution in [2.45, 2.75) is 25.0 Å². The Hall–Kier alpha value is -3.00. The maximum atomic E-state index is 12.8. The van der Waals surface area contributed by atoms with Crippen LogP contribution in [0, 0.1) is 12.7 Å². The molecular formula is C21H21FN6S. The molecule has 1 fully saturated rings. The summed E-state index contributed by atoms with van der Waals surface area (Å²) in [6.45, 7) is 2.18. The van der Waals surface area contributed by atoms with Crippen LogP contribution < -0.4 is 10.7 Å². The summed E-state index contributed by atoms with van der Waals surface area (Å²) < 4.78 is 12.8. The molecule has 0 radical (unpaired) electrons. The third-order valence-corrected chi connectivity index (χ3v) is 6.02. The van der Waals surface area contributed by atoms with Gasteiger partial charge in [-0.25, -0.2) is 19.8 Å². The van der Waals surface area contributed by atoms with Crippen molar-refractivity contribution in [3.05, 3.63) is 71.6 Å². The van der Waals surface area contributed by atoms with Gasteiger partial charge in [0.05, 0.1) is 36.2 Å². The summed E-state index contributed by atoms with van der Waals surface area (Å²) in [6, 6.07) is 10.4. The van der Waals surface area contributed by atoms with Gasteiger partial charge in [0, 0.05) is 10.9 Å². The predicted molar refractivity (Wildman–Crippen MR) is 116 cm³/mol. The van der Waals surface area contributed by atoms with E-state index in [0.717, 1.165) is 23.8 Å². The Labute approximate surface area is 173 Å². The monoisotopic (exact) mass is 408 g/mol. The molecule has 0 aliphatic carbocycles. The van der Waals surface area contributed by atoms with Gasteiger partial charge < -0.3 is 5.32 Å². The van der Waals surface area contributed by atoms with Crippen molar-refractivity contribution in [2.24, 2.45) is 5.10 Å². The van der Waals surface area contributed by atoms with Crippen molar-refractivity contribution < 1.29 is 4.39 Å². The van der Waals surface area contributed by atoms with Crippen LogP contribution in [0.25, 0.3) is 0 Å². The minimum atomic E-state index is -0.494. The zero-order valence-corrected chi connectivity index (χ0v) is 16.8. The quantitative estimate of drug-likeness (QED) is 0.438. The van der Waals surface area contributed by atoms with Gasteiger partial charge in [0.2, 0.25) is 5.95 Å². The number of halogens is 1. The Morgan fingerprint density at radius 1 is 1.10 bits per heavy atom. The summed E-state index contributed by atoms with van der Waals surface area (Å²) >= 11 is 2.05. The van der Waals surface area contributed by atoms with Crippen molar-refractivity contribution in [3.63, 3.8) is 0 Å². The highest BCUT2D eigenvalue weighted by molar-refractivity contribution is 7.99. The second-order valence-corrected chi connectivity index (χ2v) is 8.08. The van der Waals surface area contributed by atoms with Crippen LogP contribution in [0.4, 0.5) is 21.7 Å². The summed E-state index contributed by atoms with van der Waals surface area (Å²) in [5.41, 5.74) is 8.02. The summed E-state index contributed by atoms with van der Waals surface area (Å²) in [5, 5.41) is 8.04. The van der Waals surface area contributed by atoms with E-state index >= 15 is 0 Å². The van der Waals surface area contributed by atoms with Gasteiger partial charge in [-0.15, -0.1) is 0 Å². The molecule has 8 heteroatoms. The van der Waals surface area contributed by atoms with Gasteiger partial charge in [0.1, 0.15) is 0 Å². The number of pyridine rings is 1. The highest BCUT2D eigenvalue weighted by Crippen LogP contribution is 2.41. The topological polar surface area (TPSA) is 75.1 Å². The van der Waals surface area contributed by atoms with Gasteiger partial charge in [-0.3, -0.25) is 4.98 Å². The normalized spacial score (nSPS) is 16.3. The van der Waals surface area contributed by atoms with E-state index in [1.54, 1.807) is 12.4 Å². The largest absolute Gasteiger partial charge is 0.354 e. The van der Waals surface area contributed by atoms with Crippen LogP contribution >= 0.6 is 11.8 Å². The van der Waals surface area contributed by atoms with Crippen LogP contribution in [0.15, 0.2) is 54.0 Å². The molecule has 0 amide bonds. The Bertz CT molecular complexity index is 985. The first kappa shape index (κ1) is 19.3. The Morgan fingerprint density at radius 3 is 2.62 bits per heavy atom. The molecule has 1 atom stereocenters. The molecule has 0 spiro atoms. The summed E-state index contributed by atoms with van der Waals surface area (Å²) in [7, 11) is 0. The van der Waals surface area contributed by atoms with E-state index in [9.17, 15) is 4.39 Å². The number of nitrogens with one attached hydrogen (secondary N) is 2. The van der Waals surface area contributed by atoms with E-state index in [-0.39, 0.29) is 5.95 Å². The lowest BCUT2D eigenvalue weighted by atomic mass is 10.0. The van der Waals surface area contributed by atoms with E-state index in [1.807, 2.05) is 12.1 Å². The van der Waals surface area contributed by atoms with Crippen molar-refractivity contribution in [3.8, 4) is 0 Å². The van der Waals surface area contributed by atoms with Crippen LogP contribution in [0.5, 0.6) is 0 Å². The second kappa shape index (κ2) is 9.00. The highest BCUT2D eigenvalue weighted by Gasteiger charge is 2.19. The lowest BCUT2D eigenvalue weighted by molar-refractivity contribution is 0.614. The fourth-order valence-corrected chi connectivity index (χ4v) is 4.58. The molecule has 1 unspecified atom stereocenters. The number of aryl methyl sites for hydroxylation is 1. The van der Waals surface area contributed by atoms with Gasteiger partial charge in [-0.05, 0) is 60.9 Å². The number of aromatic nitrogens is 3. The van der Waals surface area contributed by atoms with E-state index in [4.69, 9.17) is 0 Å². The molecule has 6 nitrogen and oxygen atoms in total. The first-order chi connectivity index (χ1) is 14.2. The zero-order valence-electron chi connectivity index (χ0n) is 16.0. The average molecular weight is 409 g/mol. The lowest BCUT2D eigenvalue weighted by Gasteiger charge is -2.14. The third kappa shape index (κ3) is 5.08. The summed E-state index contributed by atoms with van der Waals surface area (Å²) in [4.78, 5) is 11.9. The van der Waals surface area contributed by atoms with Gasteiger partial charge in [-0.2, -0.15) is 16.9 Å². The predicted octanol–water partition coefficient (Wildman–Crippen LogP) is 5.08. The van der Waals surface area contributed by atoms with Crippen LogP contribution in [0.1, 0.15) is 34.9 Å². The molecule has 29 heavy (non-hydrogen) atoms. The Kier molecular flexibility index (Phi) is 6.00. The molecule has 1 aliphatic rings. The van der Waals surface area contributed by atoms with Crippen LogP contribution in [0.2, 0.25) is 0 Å². The van der Waals surface area contributed by atoms with Crippen LogP contribution in [-0.2, 0) is 0 Å². The van der Waals surface area contributed by atoms with Crippen molar-refractivity contribution >= 4 is 35.3 Å². The number of rotatable bonds is 6. The minimum Gasteiger partial charge on any atom is -0.354 e.